The van der Waals surface area contributed by atoms with Gasteiger partial charge >= 0.3 is 0 Å². The van der Waals surface area contributed by atoms with Crippen molar-refractivity contribution in [1.82, 2.24) is 9.97 Å². The van der Waals surface area contributed by atoms with Gasteiger partial charge in [0.2, 0.25) is 5.88 Å². The van der Waals surface area contributed by atoms with Gasteiger partial charge in [0, 0.05) is 10.8 Å². The lowest BCUT2D eigenvalue weighted by molar-refractivity contribution is 0.150. The van der Waals surface area contributed by atoms with Crippen LogP contribution in [0.1, 0.15) is 54.9 Å². The maximum atomic E-state index is 11.4. The first-order valence-electron chi connectivity index (χ1n) is 8.78. The number of aromatic nitrogens is 2. The molecule has 0 saturated heterocycles. The minimum Gasteiger partial charge on any atom is -0.474 e. The lowest BCUT2D eigenvalue weighted by Crippen LogP contribution is -2.20. The molecular formula is C17H22N2O4S2. The second kappa shape index (κ2) is 6.81. The van der Waals surface area contributed by atoms with Crippen LogP contribution >= 0.6 is 11.3 Å². The molecule has 4 rings (SSSR count). The summed E-state index contributed by atoms with van der Waals surface area (Å²) in [5.74, 6) is 0.707. The smallest absolute Gasteiger partial charge is 0.264 e. The molecule has 0 spiro atoms. The molecular weight excluding hydrogens is 360 g/mol. The highest BCUT2D eigenvalue weighted by Crippen LogP contribution is 2.46. The largest absolute Gasteiger partial charge is 0.474 e. The number of fused-ring (bicyclic) bond motifs is 3. The van der Waals surface area contributed by atoms with Crippen LogP contribution in [-0.4, -0.2) is 37.4 Å². The van der Waals surface area contributed by atoms with Crippen molar-refractivity contribution < 1.29 is 17.3 Å². The molecule has 0 N–H and O–H groups in total. The van der Waals surface area contributed by atoms with E-state index in [4.69, 9.17) is 8.92 Å². The number of hydrogen-bond acceptors (Lipinski definition) is 7. The number of thiophene rings is 1. The van der Waals surface area contributed by atoms with E-state index < -0.39 is 10.1 Å². The molecule has 1 saturated carbocycles. The Labute approximate surface area is 151 Å². The average Bonchev–Trinajstić information content (AvgIpc) is 3.12. The first-order chi connectivity index (χ1) is 12.0. The Hall–Kier alpha value is -1.25. The summed E-state index contributed by atoms with van der Waals surface area (Å²) in [7, 11) is -3.44. The normalized spacial score (nSPS) is 21.6. The van der Waals surface area contributed by atoms with E-state index >= 15 is 0 Å². The number of ether oxygens (including phenoxy) is 1. The van der Waals surface area contributed by atoms with Crippen LogP contribution < -0.4 is 4.74 Å². The third-order valence-corrected chi connectivity index (χ3v) is 6.75. The summed E-state index contributed by atoms with van der Waals surface area (Å²) in [5, 5.41) is 0.965. The number of nitrogens with zero attached hydrogens (tertiary/aromatic N) is 2. The summed E-state index contributed by atoms with van der Waals surface area (Å²) in [6.45, 7) is 0.176. The predicted octanol–water partition coefficient (Wildman–Crippen LogP) is 3.41. The Morgan fingerprint density at radius 3 is 2.76 bits per heavy atom. The van der Waals surface area contributed by atoms with Gasteiger partial charge < -0.3 is 4.74 Å². The molecule has 8 heteroatoms. The Kier molecular flexibility index (Phi) is 4.68. The van der Waals surface area contributed by atoms with Crippen molar-refractivity contribution in [3.8, 4) is 5.88 Å². The van der Waals surface area contributed by atoms with Gasteiger partial charge in [-0.25, -0.2) is 9.97 Å². The fourth-order valence-corrected chi connectivity index (χ4v) is 5.49. The topological polar surface area (TPSA) is 78.4 Å². The Morgan fingerprint density at radius 2 is 2.00 bits per heavy atom. The lowest BCUT2D eigenvalue weighted by atomic mass is 9.97. The molecule has 6 nitrogen and oxygen atoms in total. The molecule has 0 unspecified atom stereocenters. The second-order valence-electron chi connectivity index (χ2n) is 6.90. The summed E-state index contributed by atoms with van der Waals surface area (Å²) < 4.78 is 34.0. The fourth-order valence-electron chi connectivity index (χ4n) is 3.84. The second-order valence-corrected chi connectivity index (χ2v) is 9.63. The molecule has 2 aromatic rings. The predicted molar refractivity (Wildman–Crippen MR) is 96.8 cm³/mol. The van der Waals surface area contributed by atoms with Crippen molar-refractivity contribution in [1.29, 1.82) is 0 Å². The van der Waals surface area contributed by atoms with Crippen LogP contribution in [0, 0.1) is 0 Å². The Morgan fingerprint density at radius 1 is 1.20 bits per heavy atom. The summed E-state index contributed by atoms with van der Waals surface area (Å²) in [6, 6.07) is 0. The Balaban J connectivity index is 1.66. The van der Waals surface area contributed by atoms with Gasteiger partial charge in [-0.1, -0.05) is 6.42 Å². The zero-order valence-corrected chi connectivity index (χ0v) is 15.9. The molecule has 25 heavy (non-hydrogen) atoms. The molecule has 2 heterocycles. The SMILES string of the molecule is CS(=O)(=O)OC[C@H]1CCc2sc3ncnc(OC4CCCCC4)c3c21. The molecule has 2 aliphatic carbocycles. The molecule has 0 aliphatic heterocycles. The van der Waals surface area contributed by atoms with E-state index in [1.54, 1.807) is 17.7 Å². The maximum Gasteiger partial charge on any atom is 0.264 e. The standard InChI is InChI=1S/C17H22N2O4S2/c1-25(20,21)22-9-11-7-8-13-14(11)15-16(18-10-19-17(15)24-13)23-12-5-3-2-4-6-12/h10-12H,2-9H2,1H3/t11-/m1/s1. The first-order valence-corrected chi connectivity index (χ1v) is 11.4. The van der Waals surface area contributed by atoms with Gasteiger partial charge in [-0.3, -0.25) is 4.18 Å². The summed E-state index contributed by atoms with van der Waals surface area (Å²) in [5.41, 5.74) is 1.13. The maximum absolute atomic E-state index is 11.4. The summed E-state index contributed by atoms with van der Waals surface area (Å²) in [6.07, 6.45) is 10.5. The van der Waals surface area contributed by atoms with Crippen molar-refractivity contribution in [2.45, 2.75) is 57.0 Å². The highest BCUT2D eigenvalue weighted by atomic mass is 32.2. The van der Waals surface area contributed by atoms with Gasteiger partial charge in [-0.05, 0) is 44.1 Å². The number of hydrogen-bond donors (Lipinski definition) is 0. The van der Waals surface area contributed by atoms with Crippen LogP contribution in [-0.2, 0) is 20.7 Å². The van der Waals surface area contributed by atoms with Crippen LogP contribution in [0.4, 0.5) is 0 Å². The molecule has 1 fully saturated rings. The fraction of sp³-hybridized carbons (Fsp3) is 0.647. The van der Waals surface area contributed by atoms with Crippen molar-refractivity contribution in [3.63, 3.8) is 0 Å². The average molecular weight is 383 g/mol. The highest BCUT2D eigenvalue weighted by molar-refractivity contribution is 7.85. The zero-order valence-electron chi connectivity index (χ0n) is 14.2. The van der Waals surface area contributed by atoms with E-state index in [1.165, 1.54) is 24.1 Å². The molecule has 0 aromatic carbocycles. The van der Waals surface area contributed by atoms with Crippen molar-refractivity contribution in [2.24, 2.45) is 0 Å². The third-order valence-electron chi connectivity index (χ3n) is 5.01. The molecule has 0 bridgehead atoms. The van der Waals surface area contributed by atoms with Gasteiger partial charge in [0.05, 0.1) is 18.2 Å². The molecule has 2 aromatic heterocycles. The number of aryl methyl sites for hydroxylation is 1. The summed E-state index contributed by atoms with van der Waals surface area (Å²) >= 11 is 1.66. The third kappa shape index (κ3) is 3.66. The monoisotopic (exact) mass is 382 g/mol. The molecule has 0 radical (unpaired) electrons. The number of rotatable bonds is 5. The van der Waals surface area contributed by atoms with E-state index in [-0.39, 0.29) is 18.6 Å². The highest BCUT2D eigenvalue weighted by Gasteiger charge is 2.31. The van der Waals surface area contributed by atoms with E-state index in [0.717, 1.165) is 47.7 Å². The lowest BCUT2D eigenvalue weighted by Gasteiger charge is -2.23. The van der Waals surface area contributed by atoms with Crippen LogP contribution in [0.25, 0.3) is 10.2 Å². The Bertz CT molecular complexity index is 872. The van der Waals surface area contributed by atoms with E-state index in [2.05, 4.69) is 9.97 Å². The van der Waals surface area contributed by atoms with Crippen LogP contribution in [0.5, 0.6) is 5.88 Å². The van der Waals surface area contributed by atoms with Gasteiger partial charge in [0.15, 0.2) is 0 Å². The van der Waals surface area contributed by atoms with Gasteiger partial charge in [0.1, 0.15) is 17.3 Å². The quantitative estimate of drug-likeness (QED) is 0.738. The molecule has 2 aliphatic rings. The van der Waals surface area contributed by atoms with Crippen molar-refractivity contribution in [3.05, 3.63) is 16.8 Å². The van der Waals surface area contributed by atoms with Gasteiger partial charge in [-0.15, -0.1) is 11.3 Å². The van der Waals surface area contributed by atoms with E-state index in [9.17, 15) is 8.42 Å². The van der Waals surface area contributed by atoms with Gasteiger partial charge in [0.25, 0.3) is 10.1 Å². The van der Waals surface area contributed by atoms with Crippen LogP contribution in [0.2, 0.25) is 0 Å². The molecule has 1 atom stereocenters. The minimum absolute atomic E-state index is 0.0539. The van der Waals surface area contributed by atoms with Crippen molar-refractivity contribution >= 4 is 31.7 Å². The van der Waals surface area contributed by atoms with E-state index in [0.29, 0.717) is 5.88 Å². The minimum atomic E-state index is -3.44. The van der Waals surface area contributed by atoms with Crippen LogP contribution in [0.15, 0.2) is 6.33 Å². The summed E-state index contributed by atoms with van der Waals surface area (Å²) in [4.78, 5) is 11.0. The first kappa shape index (κ1) is 17.2. The van der Waals surface area contributed by atoms with Crippen molar-refractivity contribution in [2.75, 3.05) is 12.9 Å². The zero-order chi connectivity index (χ0) is 17.4. The van der Waals surface area contributed by atoms with E-state index in [1.807, 2.05) is 0 Å². The molecule has 0 amide bonds. The van der Waals surface area contributed by atoms with Gasteiger partial charge in [-0.2, -0.15) is 8.42 Å². The van der Waals surface area contributed by atoms with Crippen LogP contribution in [0.3, 0.4) is 0 Å². The molecule has 136 valence electrons.